The molecule has 0 radical (unpaired) electrons. The van der Waals surface area contributed by atoms with E-state index in [0.29, 0.717) is 28.7 Å². The first-order valence-corrected chi connectivity index (χ1v) is 12.3. The standard InChI is InChI=1S/C26H28N2O5S/c1-2-32-22-15-18(10-11-21(22)33-17-24(29)28-12-6-3-7-13-28)14-19(16-25(30)31)26-27-20-8-4-5-9-23(20)34-26/h4-5,8-11,14-15H,2-3,6-7,12-13,16-17H2,1H3,(H,30,31). The van der Waals surface area contributed by atoms with Gasteiger partial charge >= 0.3 is 5.97 Å². The van der Waals surface area contributed by atoms with Gasteiger partial charge in [0.1, 0.15) is 5.01 Å². The maximum atomic E-state index is 12.5. The number of amides is 1. The van der Waals surface area contributed by atoms with Gasteiger partial charge in [-0.05, 0) is 67.7 Å². The normalized spacial score (nSPS) is 14.3. The molecule has 1 N–H and O–H groups in total. The Morgan fingerprint density at radius 3 is 2.62 bits per heavy atom. The molecule has 0 unspecified atom stereocenters. The molecule has 0 atom stereocenters. The Bertz CT molecular complexity index is 1160. The average molecular weight is 481 g/mol. The number of carbonyl (C=O) groups excluding carboxylic acids is 1. The Labute approximate surface area is 202 Å². The van der Waals surface area contributed by atoms with Gasteiger partial charge < -0.3 is 19.5 Å². The van der Waals surface area contributed by atoms with Gasteiger partial charge in [0, 0.05) is 13.1 Å². The van der Waals surface area contributed by atoms with Gasteiger partial charge in [-0.2, -0.15) is 0 Å². The summed E-state index contributed by atoms with van der Waals surface area (Å²) in [6.45, 7) is 3.83. The van der Waals surface area contributed by atoms with Crippen LogP contribution in [-0.2, 0) is 9.59 Å². The SMILES string of the molecule is CCOc1cc(C=C(CC(=O)O)c2nc3ccccc3s2)ccc1OCC(=O)N1CCCCC1. The van der Waals surface area contributed by atoms with Gasteiger partial charge in [0.15, 0.2) is 18.1 Å². The summed E-state index contributed by atoms with van der Waals surface area (Å²) in [6.07, 6.45) is 4.90. The summed E-state index contributed by atoms with van der Waals surface area (Å²) < 4.78 is 12.6. The number of ether oxygens (including phenoxy) is 2. The number of para-hydroxylation sites is 1. The molecule has 1 saturated heterocycles. The molecule has 0 aliphatic carbocycles. The lowest BCUT2D eigenvalue weighted by Crippen LogP contribution is -2.38. The van der Waals surface area contributed by atoms with Crippen LogP contribution in [-0.4, -0.2) is 53.2 Å². The summed E-state index contributed by atoms with van der Waals surface area (Å²) >= 11 is 1.47. The Morgan fingerprint density at radius 1 is 1.09 bits per heavy atom. The summed E-state index contributed by atoms with van der Waals surface area (Å²) in [5.41, 5.74) is 2.23. The maximum Gasteiger partial charge on any atom is 0.307 e. The molecule has 0 saturated carbocycles. The highest BCUT2D eigenvalue weighted by atomic mass is 32.1. The predicted octanol–water partition coefficient (Wildman–Crippen LogP) is 5.10. The molecule has 4 rings (SSSR count). The van der Waals surface area contributed by atoms with E-state index >= 15 is 0 Å². The van der Waals surface area contributed by atoms with Gasteiger partial charge in [-0.3, -0.25) is 9.59 Å². The third-order valence-electron chi connectivity index (χ3n) is 5.58. The second-order valence-corrected chi connectivity index (χ2v) is 9.13. The number of nitrogens with zero attached hydrogens (tertiary/aromatic N) is 2. The number of hydrogen-bond acceptors (Lipinski definition) is 6. The van der Waals surface area contributed by atoms with Crippen molar-refractivity contribution in [2.75, 3.05) is 26.3 Å². The van der Waals surface area contributed by atoms with Crippen molar-refractivity contribution in [1.82, 2.24) is 9.88 Å². The molecule has 178 valence electrons. The third-order valence-corrected chi connectivity index (χ3v) is 6.69. The minimum atomic E-state index is -0.924. The zero-order chi connectivity index (χ0) is 23.9. The van der Waals surface area contributed by atoms with Gasteiger partial charge in [-0.15, -0.1) is 11.3 Å². The molecule has 34 heavy (non-hydrogen) atoms. The minimum absolute atomic E-state index is 0.0225. The zero-order valence-electron chi connectivity index (χ0n) is 19.2. The number of carboxylic acid groups (broad SMARTS) is 1. The number of carboxylic acids is 1. The molecular formula is C26H28N2O5S. The van der Waals surface area contributed by atoms with Crippen LogP contribution in [0, 0.1) is 0 Å². The van der Waals surface area contributed by atoms with Gasteiger partial charge in [0.25, 0.3) is 5.91 Å². The smallest absolute Gasteiger partial charge is 0.307 e. The molecule has 1 amide bonds. The summed E-state index contributed by atoms with van der Waals surface area (Å²) in [5.74, 6) is 0.0585. The van der Waals surface area contributed by atoms with Crippen LogP contribution in [0.1, 0.15) is 43.2 Å². The number of fused-ring (bicyclic) bond motifs is 1. The van der Waals surface area contributed by atoms with Crippen molar-refractivity contribution >= 4 is 45.1 Å². The number of rotatable bonds is 9. The second kappa shape index (κ2) is 11.2. The van der Waals surface area contributed by atoms with E-state index in [4.69, 9.17) is 9.47 Å². The van der Waals surface area contributed by atoms with E-state index in [-0.39, 0.29) is 18.9 Å². The highest BCUT2D eigenvalue weighted by molar-refractivity contribution is 7.19. The van der Waals surface area contributed by atoms with E-state index < -0.39 is 5.97 Å². The molecule has 2 aromatic carbocycles. The van der Waals surface area contributed by atoms with Gasteiger partial charge in [-0.1, -0.05) is 18.2 Å². The lowest BCUT2D eigenvalue weighted by Gasteiger charge is -2.26. The maximum absolute atomic E-state index is 12.5. The highest BCUT2D eigenvalue weighted by Crippen LogP contribution is 2.33. The number of benzene rings is 2. The van der Waals surface area contributed by atoms with Crippen LogP contribution in [0.15, 0.2) is 42.5 Å². The molecular weight excluding hydrogens is 452 g/mol. The minimum Gasteiger partial charge on any atom is -0.490 e. The average Bonchev–Trinajstić information content (AvgIpc) is 3.28. The largest absolute Gasteiger partial charge is 0.490 e. The Balaban J connectivity index is 1.57. The second-order valence-electron chi connectivity index (χ2n) is 8.10. The van der Waals surface area contributed by atoms with Gasteiger partial charge in [0.2, 0.25) is 0 Å². The molecule has 8 heteroatoms. The van der Waals surface area contributed by atoms with Crippen molar-refractivity contribution in [2.24, 2.45) is 0 Å². The molecule has 1 aliphatic heterocycles. The first kappa shape index (κ1) is 23.8. The first-order chi connectivity index (χ1) is 16.5. The van der Waals surface area contributed by atoms with Crippen LogP contribution in [0.3, 0.4) is 0 Å². The molecule has 7 nitrogen and oxygen atoms in total. The number of carbonyl (C=O) groups is 2. The van der Waals surface area contributed by atoms with Crippen molar-refractivity contribution in [2.45, 2.75) is 32.6 Å². The fourth-order valence-corrected chi connectivity index (χ4v) is 4.92. The summed E-state index contributed by atoms with van der Waals surface area (Å²) in [6, 6.07) is 13.1. The number of aromatic nitrogens is 1. The van der Waals surface area contributed by atoms with Crippen molar-refractivity contribution in [3.05, 3.63) is 53.0 Å². The number of aliphatic carboxylic acids is 1. The number of piperidine rings is 1. The summed E-state index contributed by atoms with van der Waals surface area (Å²) in [4.78, 5) is 30.5. The predicted molar refractivity (Wildman–Crippen MR) is 133 cm³/mol. The molecule has 1 aliphatic rings. The van der Waals surface area contributed by atoms with Crippen molar-refractivity contribution < 1.29 is 24.2 Å². The lowest BCUT2D eigenvalue weighted by atomic mass is 10.1. The van der Waals surface area contributed by atoms with Crippen LogP contribution in [0.2, 0.25) is 0 Å². The quantitative estimate of drug-likeness (QED) is 0.458. The van der Waals surface area contributed by atoms with Gasteiger partial charge in [0.05, 0.1) is 23.2 Å². The monoisotopic (exact) mass is 480 g/mol. The van der Waals surface area contributed by atoms with Crippen LogP contribution in [0.5, 0.6) is 11.5 Å². The molecule has 1 aromatic heterocycles. The topological polar surface area (TPSA) is 89.0 Å². The van der Waals surface area contributed by atoms with E-state index in [2.05, 4.69) is 4.98 Å². The third kappa shape index (κ3) is 5.94. The molecule has 0 bridgehead atoms. The lowest BCUT2D eigenvalue weighted by molar-refractivity contribution is -0.136. The van der Waals surface area contributed by atoms with Crippen molar-refractivity contribution in [3.63, 3.8) is 0 Å². The van der Waals surface area contributed by atoms with E-state index in [1.807, 2.05) is 48.2 Å². The molecule has 1 fully saturated rings. The fourth-order valence-electron chi connectivity index (χ4n) is 3.94. The Hall–Kier alpha value is -3.39. The Kier molecular flexibility index (Phi) is 7.80. The summed E-state index contributed by atoms with van der Waals surface area (Å²) in [5, 5.41) is 10.1. The van der Waals surface area contributed by atoms with Crippen LogP contribution in [0.4, 0.5) is 0 Å². The van der Waals surface area contributed by atoms with Crippen LogP contribution in [0.25, 0.3) is 21.9 Å². The number of likely N-dealkylation sites (tertiary alicyclic amines) is 1. The van der Waals surface area contributed by atoms with Crippen LogP contribution < -0.4 is 9.47 Å². The van der Waals surface area contributed by atoms with Crippen molar-refractivity contribution in [1.29, 1.82) is 0 Å². The number of hydrogen-bond donors (Lipinski definition) is 1. The molecule has 0 spiro atoms. The zero-order valence-corrected chi connectivity index (χ0v) is 20.0. The van der Waals surface area contributed by atoms with Crippen LogP contribution >= 0.6 is 11.3 Å². The summed E-state index contributed by atoms with van der Waals surface area (Å²) in [7, 11) is 0. The molecule has 2 heterocycles. The molecule has 3 aromatic rings. The van der Waals surface area contributed by atoms with Crippen molar-refractivity contribution in [3.8, 4) is 11.5 Å². The van der Waals surface area contributed by atoms with E-state index in [1.165, 1.54) is 11.3 Å². The van der Waals surface area contributed by atoms with E-state index in [0.717, 1.165) is 48.1 Å². The number of thiazole rings is 1. The highest BCUT2D eigenvalue weighted by Gasteiger charge is 2.18. The van der Waals surface area contributed by atoms with E-state index in [1.54, 1.807) is 12.1 Å². The van der Waals surface area contributed by atoms with E-state index in [9.17, 15) is 14.7 Å². The Morgan fingerprint density at radius 2 is 1.88 bits per heavy atom. The fraction of sp³-hybridized carbons (Fsp3) is 0.346. The first-order valence-electron chi connectivity index (χ1n) is 11.5. The van der Waals surface area contributed by atoms with Gasteiger partial charge in [-0.25, -0.2) is 4.98 Å².